The molecule has 0 bridgehead atoms. The minimum Gasteiger partial charge on any atom is -0.365 e. The molecule has 0 aliphatic carbocycles. The van der Waals surface area contributed by atoms with Crippen LogP contribution in [0.1, 0.15) is 28.8 Å². The van der Waals surface area contributed by atoms with Crippen molar-refractivity contribution >= 4 is 23.1 Å². The van der Waals surface area contributed by atoms with Crippen LogP contribution in [0.15, 0.2) is 12.4 Å². The van der Waals surface area contributed by atoms with E-state index in [4.69, 9.17) is 0 Å². The lowest BCUT2D eigenvalue weighted by molar-refractivity contribution is 0.947. The van der Waals surface area contributed by atoms with E-state index in [-0.39, 0.29) is 0 Å². The lowest BCUT2D eigenvalue weighted by Crippen LogP contribution is -2.08. The van der Waals surface area contributed by atoms with E-state index in [1.54, 1.807) is 11.3 Å². The number of nitrogens with one attached hydrogen (secondary N) is 2. The van der Waals surface area contributed by atoms with Crippen LogP contribution in [0.5, 0.6) is 0 Å². The summed E-state index contributed by atoms with van der Waals surface area (Å²) < 4.78 is 0. The summed E-state index contributed by atoms with van der Waals surface area (Å²) in [7, 11) is 0. The van der Waals surface area contributed by atoms with Crippen molar-refractivity contribution in [1.29, 1.82) is 0 Å². The third kappa shape index (κ3) is 3.89. The van der Waals surface area contributed by atoms with Gasteiger partial charge in [-0.1, -0.05) is 6.92 Å². The van der Waals surface area contributed by atoms with Gasteiger partial charge >= 0.3 is 0 Å². The minimum absolute atomic E-state index is 0.676. The highest BCUT2D eigenvalue weighted by atomic mass is 32.1. The molecule has 0 unspecified atom stereocenters. The first-order chi connectivity index (χ1) is 9.19. The van der Waals surface area contributed by atoms with Gasteiger partial charge in [-0.15, -0.1) is 11.3 Å². The normalized spacial score (nSPS) is 10.5. The molecular formula is C13H19N5S. The second-order valence-electron chi connectivity index (χ2n) is 4.35. The fourth-order valence-corrected chi connectivity index (χ4v) is 2.34. The van der Waals surface area contributed by atoms with Gasteiger partial charge in [-0.25, -0.2) is 9.97 Å². The van der Waals surface area contributed by atoms with E-state index in [1.807, 2.05) is 26.2 Å². The van der Waals surface area contributed by atoms with Gasteiger partial charge in [0.25, 0.3) is 0 Å². The molecule has 2 N–H and O–H groups in total. The molecule has 0 spiro atoms. The summed E-state index contributed by atoms with van der Waals surface area (Å²) >= 11 is 1.70. The van der Waals surface area contributed by atoms with Gasteiger partial charge < -0.3 is 10.6 Å². The van der Waals surface area contributed by atoms with Crippen molar-refractivity contribution in [2.75, 3.05) is 17.2 Å². The number of aryl methyl sites for hydroxylation is 2. The van der Waals surface area contributed by atoms with E-state index in [9.17, 15) is 0 Å². The average molecular weight is 277 g/mol. The van der Waals surface area contributed by atoms with Gasteiger partial charge in [0.2, 0.25) is 5.95 Å². The highest BCUT2D eigenvalue weighted by Gasteiger charge is 2.04. The number of hydrogen-bond acceptors (Lipinski definition) is 6. The number of rotatable bonds is 6. The summed E-state index contributed by atoms with van der Waals surface area (Å²) in [5.41, 5.74) is 1.04. The zero-order valence-corrected chi connectivity index (χ0v) is 12.3. The molecular weight excluding hydrogens is 258 g/mol. The molecule has 2 rings (SSSR count). The molecule has 0 aromatic carbocycles. The maximum Gasteiger partial charge on any atom is 0.224 e. The average Bonchev–Trinajstić information content (AvgIpc) is 2.82. The van der Waals surface area contributed by atoms with Gasteiger partial charge in [0.05, 0.1) is 11.6 Å². The zero-order valence-electron chi connectivity index (χ0n) is 11.5. The first-order valence-electron chi connectivity index (χ1n) is 6.41. The van der Waals surface area contributed by atoms with Gasteiger partial charge in [-0.05, 0) is 20.3 Å². The molecule has 102 valence electrons. The Kier molecular flexibility index (Phi) is 4.68. The van der Waals surface area contributed by atoms with Crippen molar-refractivity contribution in [3.63, 3.8) is 0 Å². The molecule has 0 atom stereocenters. The lowest BCUT2D eigenvalue weighted by atomic mass is 10.3. The van der Waals surface area contributed by atoms with E-state index in [0.717, 1.165) is 35.9 Å². The molecule has 6 heteroatoms. The van der Waals surface area contributed by atoms with Crippen LogP contribution in [-0.2, 0) is 6.54 Å². The summed E-state index contributed by atoms with van der Waals surface area (Å²) in [6.45, 7) is 7.76. The van der Waals surface area contributed by atoms with Crippen molar-refractivity contribution < 1.29 is 0 Å². The number of nitrogens with zero attached hydrogens (tertiary/aromatic N) is 3. The molecule has 0 aliphatic heterocycles. The van der Waals surface area contributed by atoms with Gasteiger partial charge in [0.1, 0.15) is 5.82 Å². The Hall–Kier alpha value is -1.69. The number of anilines is 2. The third-order valence-corrected chi connectivity index (χ3v) is 3.52. The van der Waals surface area contributed by atoms with Gasteiger partial charge in [0.15, 0.2) is 0 Å². The van der Waals surface area contributed by atoms with Gasteiger partial charge in [-0.3, -0.25) is 0 Å². The second-order valence-corrected chi connectivity index (χ2v) is 5.67. The predicted octanol–water partition coefficient (Wildman–Crippen LogP) is 2.98. The minimum atomic E-state index is 0.676. The molecule has 2 heterocycles. The van der Waals surface area contributed by atoms with Gasteiger partial charge in [0, 0.05) is 29.4 Å². The van der Waals surface area contributed by atoms with Crippen molar-refractivity contribution in [3.8, 4) is 0 Å². The standard InChI is InChI=1S/C13H19N5S/c1-4-5-14-13-17-6-9(2)12(18-13)16-8-11-7-15-10(3)19-11/h6-7H,4-5,8H2,1-3H3,(H2,14,16,17,18). The number of thiazole rings is 1. The van der Waals surface area contributed by atoms with E-state index >= 15 is 0 Å². The Morgan fingerprint density at radius 2 is 2.00 bits per heavy atom. The van der Waals surface area contributed by atoms with Crippen LogP contribution in [0.4, 0.5) is 11.8 Å². The molecule has 0 fully saturated rings. The molecule has 0 saturated heterocycles. The van der Waals surface area contributed by atoms with Crippen LogP contribution in [-0.4, -0.2) is 21.5 Å². The molecule has 19 heavy (non-hydrogen) atoms. The van der Waals surface area contributed by atoms with Crippen LogP contribution >= 0.6 is 11.3 Å². The molecule has 0 saturated carbocycles. The van der Waals surface area contributed by atoms with Crippen molar-refractivity contribution in [2.45, 2.75) is 33.7 Å². The molecule has 0 amide bonds. The van der Waals surface area contributed by atoms with Crippen LogP contribution in [0.25, 0.3) is 0 Å². The molecule has 2 aromatic heterocycles. The predicted molar refractivity (Wildman–Crippen MR) is 79.7 cm³/mol. The van der Waals surface area contributed by atoms with E-state index in [2.05, 4.69) is 32.5 Å². The molecule has 0 radical (unpaired) electrons. The highest BCUT2D eigenvalue weighted by molar-refractivity contribution is 7.11. The van der Waals surface area contributed by atoms with E-state index in [1.165, 1.54) is 4.88 Å². The molecule has 5 nitrogen and oxygen atoms in total. The van der Waals surface area contributed by atoms with E-state index in [0.29, 0.717) is 5.95 Å². The van der Waals surface area contributed by atoms with Gasteiger partial charge in [-0.2, -0.15) is 4.98 Å². The summed E-state index contributed by atoms with van der Waals surface area (Å²) in [6.07, 6.45) is 4.80. The maximum absolute atomic E-state index is 4.48. The van der Waals surface area contributed by atoms with Crippen molar-refractivity contribution in [1.82, 2.24) is 15.0 Å². The maximum atomic E-state index is 4.48. The monoisotopic (exact) mass is 277 g/mol. The van der Waals surface area contributed by atoms with E-state index < -0.39 is 0 Å². The Morgan fingerprint density at radius 3 is 2.68 bits per heavy atom. The Labute approximate surface area is 117 Å². The first kappa shape index (κ1) is 13.7. The number of hydrogen-bond donors (Lipinski definition) is 2. The topological polar surface area (TPSA) is 62.7 Å². The smallest absolute Gasteiger partial charge is 0.224 e. The fraction of sp³-hybridized carbons (Fsp3) is 0.462. The Bertz CT molecular complexity index is 538. The van der Waals surface area contributed by atoms with Crippen molar-refractivity contribution in [3.05, 3.63) is 27.8 Å². The summed E-state index contributed by atoms with van der Waals surface area (Å²) in [6, 6.07) is 0. The fourth-order valence-electron chi connectivity index (χ4n) is 1.60. The second kappa shape index (κ2) is 6.47. The largest absolute Gasteiger partial charge is 0.365 e. The Morgan fingerprint density at radius 1 is 1.16 bits per heavy atom. The van der Waals surface area contributed by atoms with Crippen LogP contribution in [0, 0.1) is 13.8 Å². The third-order valence-electron chi connectivity index (χ3n) is 2.60. The quantitative estimate of drug-likeness (QED) is 0.850. The van der Waals surface area contributed by atoms with Crippen LogP contribution < -0.4 is 10.6 Å². The highest BCUT2D eigenvalue weighted by Crippen LogP contribution is 2.16. The zero-order chi connectivity index (χ0) is 13.7. The summed E-state index contributed by atoms with van der Waals surface area (Å²) in [5, 5.41) is 7.62. The van der Waals surface area contributed by atoms with Crippen LogP contribution in [0.3, 0.4) is 0 Å². The summed E-state index contributed by atoms with van der Waals surface area (Å²) in [5.74, 6) is 1.55. The Balaban J connectivity index is 2.02. The SMILES string of the molecule is CCCNc1ncc(C)c(NCc2cnc(C)s2)n1. The van der Waals surface area contributed by atoms with Crippen molar-refractivity contribution in [2.24, 2.45) is 0 Å². The molecule has 2 aromatic rings. The first-order valence-corrected chi connectivity index (χ1v) is 7.23. The lowest BCUT2D eigenvalue weighted by Gasteiger charge is -2.09. The van der Waals surface area contributed by atoms with Crippen LogP contribution in [0.2, 0.25) is 0 Å². The number of aromatic nitrogens is 3. The molecule has 0 aliphatic rings. The summed E-state index contributed by atoms with van der Waals surface area (Å²) in [4.78, 5) is 14.2.